The van der Waals surface area contributed by atoms with Crippen LogP contribution in [0.2, 0.25) is 0 Å². The highest BCUT2D eigenvalue weighted by Crippen LogP contribution is 1.98. The maximum Gasteiger partial charge on any atom is 0.326 e. The zero-order valence-electron chi connectivity index (χ0n) is 11.7. The Morgan fingerprint density at radius 2 is 1.45 bits per heavy atom. The van der Waals surface area contributed by atoms with Gasteiger partial charge in [-0.2, -0.15) is 0 Å². The molecule has 0 saturated carbocycles. The largest absolute Gasteiger partial charge is 0.481 e. The van der Waals surface area contributed by atoms with Crippen LogP contribution in [0.1, 0.15) is 19.8 Å². The molecule has 0 aromatic rings. The number of hydrogen-bond donors (Lipinski definition) is 6. The Kier molecular flexibility index (Phi) is 7.52. The number of primary amides is 1. The second kappa shape index (κ2) is 8.56. The number of carboxylic acids is 2. The van der Waals surface area contributed by atoms with Gasteiger partial charge in [-0.1, -0.05) is 0 Å². The van der Waals surface area contributed by atoms with Crippen molar-refractivity contribution in [1.82, 2.24) is 10.6 Å². The number of carbonyl (C=O) groups is 5. The maximum atomic E-state index is 11.9. The summed E-state index contributed by atoms with van der Waals surface area (Å²) in [5.41, 5.74) is 10.1. The topological polar surface area (TPSA) is 202 Å². The lowest BCUT2D eigenvalue weighted by Gasteiger charge is -2.20. The van der Waals surface area contributed by atoms with Crippen LogP contribution in [0, 0.1) is 0 Å². The fraction of sp³-hybridized carbons (Fsp3) is 0.545. The molecular weight excluding hydrogens is 300 g/mol. The van der Waals surface area contributed by atoms with Crippen LogP contribution in [0.3, 0.4) is 0 Å². The van der Waals surface area contributed by atoms with Crippen molar-refractivity contribution >= 4 is 29.7 Å². The molecule has 0 aliphatic heterocycles. The molecule has 0 bridgehead atoms. The van der Waals surface area contributed by atoms with Gasteiger partial charge < -0.3 is 32.3 Å². The molecule has 124 valence electrons. The molecule has 22 heavy (non-hydrogen) atoms. The summed E-state index contributed by atoms with van der Waals surface area (Å²) in [6.07, 6.45) is -1.46. The van der Waals surface area contributed by atoms with Crippen molar-refractivity contribution in [1.29, 1.82) is 0 Å². The standard InChI is InChI=1S/C11H18N4O7/c1-4(12)9(19)14-5(3-8(17)18)10(20)15-6(11(21)22)2-7(13)16/h4-6H,2-3,12H2,1H3,(H2,13,16)(H,14,19)(H,15,20)(H,17,18)(H,21,22)/t4-,5+,6-/m0/s1. The maximum absolute atomic E-state index is 11.9. The minimum Gasteiger partial charge on any atom is -0.481 e. The van der Waals surface area contributed by atoms with Crippen LogP contribution in [-0.4, -0.2) is 58.0 Å². The van der Waals surface area contributed by atoms with E-state index in [1.54, 1.807) is 0 Å². The van der Waals surface area contributed by atoms with Gasteiger partial charge in [-0.15, -0.1) is 0 Å². The third kappa shape index (κ3) is 7.19. The molecule has 3 atom stereocenters. The third-order valence-corrected chi connectivity index (χ3v) is 2.45. The summed E-state index contributed by atoms with van der Waals surface area (Å²) in [7, 11) is 0. The van der Waals surface area contributed by atoms with Crippen LogP contribution < -0.4 is 22.1 Å². The molecule has 0 saturated heterocycles. The van der Waals surface area contributed by atoms with E-state index in [0.717, 1.165) is 0 Å². The molecule has 0 aromatic carbocycles. The summed E-state index contributed by atoms with van der Waals surface area (Å²) in [4.78, 5) is 55.7. The van der Waals surface area contributed by atoms with E-state index in [-0.39, 0.29) is 0 Å². The predicted octanol–water partition coefficient (Wildman–Crippen LogP) is -3.26. The molecule has 11 heteroatoms. The van der Waals surface area contributed by atoms with Gasteiger partial charge >= 0.3 is 11.9 Å². The first-order valence-corrected chi connectivity index (χ1v) is 6.13. The van der Waals surface area contributed by atoms with Crippen molar-refractivity contribution in [2.45, 2.75) is 37.9 Å². The fourth-order valence-corrected chi connectivity index (χ4v) is 1.36. The van der Waals surface area contributed by atoms with Gasteiger partial charge in [0.05, 0.1) is 18.9 Å². The SMILES string of the molecule is C[C@H](N)C(=O)N[C@H](CC(=O)O)C(=O)N[C@@H](CC(N)=O)C(=O)O. The normalized spacial score (nSPS) is 14.3. The van der Waals surface area contributed by atoms with Gasteiger partial charge in [0.15, 0.2) is 0 Å². The molecule has 0 aliphatic rings. The van der Waals surface area contributed by atoms with Crippen LogP contribution in [-0.2, 0) is 24.0 Å². The van der Waals surface area contributed by atoms with E-state index in [1.807, 2.05) is 5.32 Å². The van der Waals surface area contributed by atoms with Crippen LogP contribution in [0.5, 0.6) is 0 Å². The second-order valence-corrected chi connectivity index (χ2v) is 4.52. The number of hydrogen-bond acceptors (Lipinski definition) is 6. The lowest BCUT2D eigenvalue weighted by Crippen LogP contribution is -2.55. The van der Waals surface area contributed by atoms with E-state index >= 15 is 0 Å². The Labute approximate surface area is 125 Å². The van der Waals surface area contributed by atoms with Gasteiger partial charge in [-0.05, 0) is 6.92 Å². The van der Waals surface area contributed by atoms with Crippen LogP contribution >= 0.6 is 0 Å². The highest BCUT2D eigenvalue weighted by Gasteiger charge is 2.29. The monoisotopic (exact) mass is 318 g/mol. The van der Waals surface area contributed by atoms with Crippen LogP contribution in [0.25, 0.3) is 0 Å². The average Bonchev–Trinajstić information content (AvgIpc) is 2.35. The van der Waals surface area contributed by atoms with Crippen molar-refractivity contribution in [3.63, 3.8) is 0 Å². The molecule has 0 rings (SSSR count). The first kappa shape index (κ1) is 19.3. The molecule has 0 aliphatic carbocycles. The van der Waals surface area contributed by atoms with Gasteiger partial charge in [0, 0.05) is 0 Å². The van der Waals surface area contributed by atoms with Gasteiger partial charge in [-0.3, -0.25) is 19.2 Å². The number of amides is 3. The second-order valence-electron chi connectivity index (χ2n) is 4.52. The van der Waals surface area contributed by atoms with Crippen molar-refractivity contribution in [2.24, 2.45) is 11.5 Å². The summed E-state index contributed by atoms with van der Waals surface area (Å²) >= 11 is 0. The van der Waals surface area contributed by atoms with E-state index in [9.17, 15) is 24.0 Å². The highest BCUT2D eigenvalue weighted by molar-refractivity contribution is 5.94. The summed E-state index contributed by atoms with van der Waals surface area (Å²) < 4.78 is 0. The van der Waals surface area contributed by atoms with E-state index in [2.05, 4.69) is 5.32 Å². The van der Waals surface area contributed by atoms with E-state index in [0.29, 0.717) is 0 Å². The Bertz CT molecular complexity index is 477. The molecule has 0 fully saturated rings. The molecule has 8 N–H and O–H groups in total. The van der Waals surface area contributed by atoms with Crippen molar-refractivity contribution < 1.29 is 34.2 Å². The predicted molar refractivity (Wildman–Crippen MR) is 71.2 cm³/mol. The number of aliphatic carboxylic acids is 2. The van der Waals surface area contributed by atoms with Crippen LogP contribution in [0.4, 0.5) is 0 Å². The summed E-state index contributed by atoms with van der Waals surface area (Å²) in [5.74, 6) is -5.76. The molecule has 0 aromatic heterocycles. The van der Waals surface area contributed by atoms with Gasteiger partial charge in [-0.25, -0.2) is 4.79 Å². The first-order chi connectivity index (χ1) is 10.0. The average molecular weight is 318 g/mol. The number of rotatable bonds is 9. The number of carboxylic acid groups (broad SMARTS) is 2. The minimum absolute atomic E-state index is 0.678. The molecule has 0 radical (unpaired) electrons. The van der Waals surface area contributed by atoms with E-state index in [4.69, 9.17) is 21.7 Å². The Morgan fingerprint density at radius 3 is 1.82 bits per heavy atom. The summed E-state index contributed by atoms with van der Waals surface area (Å²) in [6.45, 7) is 1.32. The Hall–Kier alpha value is -2.69. The van der Waals surface area contributed by atoms with Gasteiger partial charge in [0.1, 0.15) is 12.1 Å². The molecule has 0 unspecified atom stereocenters. The fourth-order valence-electron chi connectivity index (χ4n) is 1.36. The molecule has 0 spiro atoms. The van der Waals surface area contributed by atoms with Gasteiger partial charge in [0.25, 0.3) is 0 Å². The van der Waals surface area contributed by atoms with Gasteiger partial charge in [0.2, 0.25) is 17.7 Å². The lowest BCUT2D eigenvalue weighted by molar-refractivity contribution is -0.144. The van der Waals surface area contributed by atoms with Crippen molar-refractivity contribution in [3.05, 3.63) is 0 Å². The van der Waals surface area contributed by atoms with Crippen LogP contribution in [0.15, 0.2) is 0 Å². The molecule has 3 amide bonds. The summed E-state index contributed by atoms with van der Waals surface area (Å²) in [6, 6.07) is -4.16. The number of carbonyl (C=O) groups excluding carboxylic acids is 3. The highest BCUT2D eigenvalue weighted by atomic mass is 16.4. The molecule has 11 nitrogen and oxygen atoms in total. The summed E-state index contributed by atoms with van der Waals surface area (Å²) in [5, 5.41) is 21.6. The van der Waals surface area contributed by atoms with Crippen molar-refractivity contribution in [2.75, 3.05) is 0 Å². The quantitative estimate of drug-likeness (QED) is 0.254. The Balaban J connectivity index is 5.00. The van der Waals surface area contributed by atoms with Crippen molar-refractivity contribution in [3.8, 4) is 0 Å². The molecule has 0 heterocycles. The first-order valence-electron chi connectivity index (χ1n) is 6.13. The zero-order chi connectivity index (χ0) is 17.4. The minimum atomic E-state index is -1.63. The molecular formula is C11H18N4O7. The third-order valence-electron chi connectivity index (χ3n) is 2.45. The zero-order valence-corrected chi connectivity index (χ0v) is 11.7. The number of nitrogens with two attached hydrogens (primary N) is 2. The smallest absolute Gasteiger partial charge is 0.326 e. The Morgan fingerprint density at radius 1 is 0.955 bits per heavy atom. The number of nitrogens with one attached hydrogen (secondary N) is 2. The van der Waals surface area contributed by atoms with E-state index in [1.165, 1.54) is 6.92 Å². The lowest BCUT2D eigenvalue weighted by atomic mass is 10.1. The van der Waals surface area contributed by atoms with E-state index < -0.39 is 60.6 Å².